The molecule has 0 radical (unpaired) electrons. The van der Waals surface area contributed by atoms with E-state index in [4.69, 9.17) is 9.47 Å². The van der Waals surface area contributed by atoms with E-state index in [-0.39, 0.29) is 12.6 Å². The van der Waals surface area contributed by atoms with Crippen LogP contribution in [0, 0.1) is 5.82 Å². The number of hydrogen-bond acceptors (Lipinski definition) is 5. The van der Waals surface area contributed by atoms with E-state index in [2.05, 4.69) is 15.6 Å². The lowest BCUT2D eigenvalue weighted by Gasteiger charge is -2.02. The summed E-state index contributed by atoms with van der Waals surface area (Å²) in [5.74, 6) is 0.396. The molecular formula is C24H17FN4O3. The van der Waals surface area contributed by atoms with Gasteiger partial charge in [-0.05, 0) is 54.6 Å². The topological polar surface area (TPSA) is 77.7 Å². The zero-order chi connectivity index (χ0) is 21.9. The number of fused-ring (bicyclic) bond motifs is 1. The van der Waals surface area contributed by atoms with Gasteiger partial charge in [0, 0.05) is 22.9 Å². The summed E-state index contributed by atoms with van der Waals surface area (Å²) in [6.07, 6.45) is 3.31. The minimum atomic E-state index is -0.390. The first kappa shape index (κ1) is 19.5. The Hall–Kier alpha value is -4.46. The van der Waals surface area contributed by atoms with Gasteiger partial charge in [-0.15, -0.1) is 0 Å². The van der Waals surface area contributed by atoms with Gasteiger partial charge in [-0.3, -0.25) is 4.79 Å². The highest BCUT2D eigenvalue weighted by molar-refractivity contribution is 5.96. The van der Waals surface area contributed by atoms with Crippen molar-refractivity contribution in [2.45, 2.75) is 0 Å². The lowest BCUT2D eigenvalue weighted by atomic mass is 10.1. The Labute approximate surface area is 182 Å². The van der Waals surface area contributed by atoms with Crippen LogP contribution in [-0.4, -0.2) is 28.7 Å². The molecule has 1 aliphatic heterocycles. The standard InChI is InChI=1S/C24H17FN4O3/c25-19-9-6-16(7-10-19)23-18(14-29(28-23)20-4-2-1-3-5-20)13-26-27-24(30)17-8-11-21-22(12-17)32-15-31-21/h1-14H,15H2,(H,27,30)/b26-13+. The molecule has 158 valence electrons. The maximum Gasteiger partial charge on any atom is 0.271 e. The van der Waals surface area contributed by atoms with Crippen LogP contribution in [0.1, 0.15) is 15.9 Å². The normalized spacial score (nSPS) is 12.3. The number of para-hydroxylation sites is 1. The molecule has 0 saturated heterocycles. The van der Waals surface area contributed by atoms with Crippen LogP contribution >= 0.6 is 0 Å². The van der Waals surface area contributed by atoms with E-state index in [9.17, 15) is 9.18 Å². The number of carbonyl (C=O) groups excluding carboxylic acids is 1. The molecule has 1 amide bonds. The van der Waals surface area contributed by atoms with Crippen molar-refractivity contribution >= 4 is 12.1 Å². The Morgan fingerprint density at radius 3 is 2.62 bits per heavy atom. The van der Waals surface area contributed by atoms with E-state index >= 15 is 0 Å². The smallest absolute Gasteiger partial charge is 0.271 e. The summed E-state index contributed by atoms with van der Waals surface area (Å²) in [5, 5.41) is 8.73. The third-order valence-electron chi connectivity index (χ3n) is 4.89. The number of amides is 1. The molecule has 0 aliphatic carbocycles. The van der Waals surface area contributed by atoms with Gasteiger partial charge in [0.25, 0.3) is 5.91 Å². The highest BCUT2D eigenvalue weighted by Gasteiger charge is 2.16. The Kier molecular flexibility index (Phi) is 5.09. The largest absolute Gasteiger partial charge is 0.454 e. The van der Waals surface area contributed by atoms with Crippen molar-refractivity contribution in [2.24, 2.45) is 5.10 Å². The van der Waals surface area contributed by atoms with E-state index in [1.807, 2.05) is 30.3 Å². The molecule has 0 atom stereocenters. The molecule has 0 fully saturated rings. The molecule has 1 N–H and O–H groups in total. The minimum absolute atomic E-state index is 0.135. The highest BCUT2D eigenvalue weighted by Crippen LogP contribution is 2.32. The number of halogens is 1. The Morgan fingerprint density at radius 2 is 1.81 bits per heavy atom. The molecule has 7 nitrogen and oxygen atoms in total. The van der Waals surface area contributed by atoms with Crippen LogP contribution in [0.15, 0.2) is 84.1 Å². The van der Waals surface area contributed by atoms with Gasteiger partial charge in [-0.1, -0.05) is 18.2 Å². The first-order valence-electron chi connectivity index (χ1n) is 9.81. The van der Waals surface area contributed by atoms with Crippen molar-refractivity contribution in [3.05, 3.63) is 95.9 Å². The van der Waals surface area contributed by atoms with Crippen LogP contribution in [0.5, 0.6) is 11.5 Å². The van der Waals surface area contributed by atoms with Gasteiger partial charge < -0.3 is 9.47 Å². The molecule has 1 aromatic heterocycles. The van der Waals surface area contributed by atoms with Crippen LogP contribution in [0.4, 0.5) is 4.39 Å². The molecule has 4 aromatic rings. The third-order valence-corrected chi connectivity index (χ3v) is 4.89. The highest BCUT2D eigenvalue weighted by atomic mass is 19.1. The molecular weight excluding hydrogens is 411 g/mol. The van der Waals surface area contributed by atoms with Crippen molar-refractivity contribution in [3.63, 3.8) is 0 Å². The fourth-order valence-electron chi connectivity index (χ4n) is 3.29. The van der Waals surface area contributed by atoms with Crippen molar-refractivity contribution in [1.82, 2.24) is 15.2 Å². The molecule has 2 heterocycles. The average Bonchev–Trinajstić information content (AvgIpc) is 3.47. The Morgan fingerprint density at radius 1 is 1.03 bits per heavy atom. The quantitative estimate of drug-likeness (QED) is 0.382. The molecule has 32 heavy (non-hydrogen) atoms. The molecule has 5 rings (SSSR count). The number of aromatic nitrogens is 2. The van der Waals surface area contributed by atoms with Crippen molar-refractivity contribution in [3.8, 4) is 28.4 Å². The number of carbonyl (C=O) groups is 1. The van der Waals surface area contributed by atoms with Crippen molar-refractivity contribution < 1.29 is 18.7 Å². The van der Waals surface area contributed by atoms with Gasteiger partial charge in [0.1, 0.15) is 11.5 Å². The summed E-state index contributed by atoms with van der Waals surface area (Å²) in [4.78, 5) is 12.5. The summed E-state index contributed by atoms with van der Waals surface area (Å²) in [5.41, 5.74) is 5.76. The Balaban J connectivity index is 1.41. The number of rotatable bonds is 5. The summed E-state index contributed by atoms with van der Waals surface area (Å²) in [6.45, 7) is 0.135. The molecule has 3 aromatic carbocycles. The predicted octanol–water partition coefficient (Wildman–Crippen LogP) is 4.17. The first-order chi connectivity index (χ1) is 15.7. The third kappa shape index (κ3) is 3.93. The fourth-order valence-corrected chi connectivity index (χ4v) is 3.29. The van der Waals surface area contributed by atoms with Gasteiger partial charge in [-0.25, -0.2) is 14.5 Å². The van der Waals surface area contributed by atoms with Crippen molar-refractivity contribution in [2.75, 3.05) is 6.79 Å². The summed E-state index contributed by atoms with van der Waals surface area (Å²) in [6, 6.07) is 20.5. The molecule has 0 spiro atoms. The van der Waals surface area contributed by atoms with Gasteiger partial charge >= 0.3 is 0 Å². The predicted molar refractivity (Wildman–Crippen MR) is 117 cm³/mol. The Bertz CT molecular complexity index is 1300. The second kappa shape index (κ2) is 8.35. The minimum Gasteiger partial charge on any atom is -0.454 e. The zero-order valence-corrected chi connectivity index (χ0v) is 16.7. The molecule has 1 aliphatic rings. The zero-order valence-electron chi connectivity index (χ0n) is 16.7. The van der Waals surface area contributed by atoms with E-state index in [0.717, 1.165) is 11.3 Å². The number of benzene rings is 3. The number of ether oxygens (including phenoxy) is 2. The van der Waals surface area contributed by atoms with E-state index in [1.165, 1.54) is 18.3 Å². The summed E-state index contributed by atoms with van der Waals surface area (Å²) < 4.78 is 25.7. The number of nitrogens with zero attached hydrogens (tertiary/aromatic N) is 3. The SMILES string of the molecule is O=C(N/N=C/c1cn(-c2ccccc2)nc1-c1ccc(F)cc1)c1ccc2c(c1)OCO2. The number of nitrogens with one attached hydrogen (secondary N) is 1. The molecule has 0 saturated carbocycles. The lowest BCUT2D eigenvalue weighted by Crippen LogP contribution is -2.17. The van der Waals surface area contributed by atoms with Crippen LogP contribution in [0.2, 0.25) is 0 Å². The average molecular weight is 428 g/mol. The van der Waals surface area contributed by atoms with Gasteiger partial charge in [0.2, 0.25) is 6.79 Å². The van der Waals surface area contributed by atoms with E-state index in [1.54, 1.807) is 41.2 Å². The van der Waals surface area contributed by atoms with Crippen LogP contribution < -0.4 is 14.9 Å². The second-order valence-corrected chi connectivity index (χ2v) is 6.99. The molecule has 8 heteroatoms. The summed E-state index contributed by atoms with van der Waals surface area (Å²) >= 11 is 0. The van der Waals surface area contributed by atoms with Gasteiger partial charge in [-0.2, -0.15) is 10.2 Å². The van der Waals surface area contributed by atoms with E-state index in [0.29, 0.717) is 28.3 Å². The van der Waals surface area contributed by atoms with Crippen LogP contribution in [0.3, 0.4) is 0 Å². The maximum absolute atomic E-state index is 13.4. The van der Waals surface area contributed by atoms with Crippen LogP contribution in [0.25, 0.3) is 16.9 Å². The van der Waals surface area contributed by atoms with Gasteiger partial charge in [0.15, 0.2) is 11.5 Å². The fraction of sp³-hybridized carbons (Fsp3) is 0.0417. The molecule has 0 unspecified atom stereocenters. The monoisotopic (exact) mass is 428 g/mol. The number of hydrazone groups is 1. The van der Waals surface area contributed by atoms with Gasteiger partial charge in [0.05, 0.1) is 11.9 Å². The molecule has 0 bridgehead atoms. The lowest BCUT2D eigenvalue weighted by molar-refractivity contribution is 0.0954. The summed E-state index contributed by atoms with van der Waals surface area (Å²) in [7, 11) is 0. The maximum atomic E-state index is 13.4. The van der Waals surface area contributed by atoms with Crippen molar-refractivity contribution in [1.29, 1.82) is 0 Å². The first-order valence-corrected chi connectivity index (χ1v) is 9.81. The second-order valence-electron chi connectivity index (χ2n) is 6.99. The van der Waals surface area contributed by atoms with E-state index < -0.39 is 5.91 Å². The number of hydrogen-bond donors (Lipinski definition) is 1. The van der Waals surface area contributed by atoms with Crippen LogP contribution in [-0.2, 0) is 0 Å².